The Morgan fingerprint density at radius 2 is 1.57 bits per heavy atom. The molecule has 3 heteroatoms. The van der Waals surface area contributed by atoms with Crippen molar-refractivity contribution in [1.29, 1.82) is 0 Å². The molecule has 3 nitrogen and oxygen atoms in total. The maximum Gasteiger partial charge on any atom is 0.162 e. The summed E-state index contributed by atoms with van der Waals surface area (Å²) in [5.41, 5.74) is 1.22. The molecular formula is C20H25NO2. The summed E-state index contributed by atoms with van der Waals surface area (Å²) in [5, 5.41) is 0. The number of benzene rings is 2. The monoisotopic (exact) mass is 311 g/mol. The molecule has 0 aromatic heterocycles. The number of nitrogens with zero attached hydrogens (tertiary/aromatic N) is 1. The van der Waals surface area contributed by atoms with Gasteiger partial charge in [-0.25, -0.2) is 0 Å². The molecule has 0 radical (unpaired) electrons. The van der Waals surface area contributed by atoms with Gasteiger partial charge in [0, 0.05) is 13.0 Å². The van der Waals surface area contributed by atoms with E-state index in [1.54, 1.807) is 7.11 Å². The van der Waals surface area contributed by atoms with E-state index in [0.717, 1.165) is 24.5 Å². The number of likely N-dealkylation sites (tertiary alicyclic amines) is 1. The van der Waals surface area contributed by atoms with E-state index >= 15 is 0 Å². The van der Waals surface area contributed by atoms with Crippen LogP contribution in [-0.2, 0) is 0 Å². The summed E-state index contributed by atoms with van der Waals surface area (Å²) in [6.07, 6.45) is 3.68. The molecule has 1 saturated heterocycles. The van der Waals surface area contributed by atoms with E-state index in [1.807, 2.05) is 30.3 Å². The van der Waals surface area contributed by atoms with E-state index in [4.69, 9.17) is 9.47 Å². The van der Waals surface area contributed by atoms with E-state index in [0.29, 0.717) is 0 Å². The smallest absolute Gasteiger partial charge is 0.162 e. The van der Waals surface area contributed by atoms with E-state index < -0.39 is 0 Å². The molecule has 2 aromatic carbocycles. The highest BCUT2D eigenvalue weighted by Crippen LogP contribution is 2.32. The topological polar surface area (TPSA) is 21.7 Å². The van der Waals surface area contributed by atoms with Gasteiger partial charge in [0.05, 0.1) is 7.11 Å². The van der Waals surface area contributed by atoms with Crippen LogP contribution in [0.1, 0.15) is 30.9 Å². The van der Waals surface area contributed by atoms with Crippen molar-refractivity contribution in [2.45, 2.75) is 25.4 Å². The summed E-state index contributed by atoms with van der Waals surface area (Å²) in [5.74, 6) is 1.60. The van der Waals surface area contributed by atoms with Crippen LogP contribution in [0.4, 0.5) is 0 Å². The molecule has 1 unspecified atom stereocenters. The summed E-state index contributed by atoms with van der Waals surface area (Å²) in [7, 11) is 1.68. The minimum atomic E-state index is 0.0492. The Labute approximate surface area is 138 Å². The Bertz CT molecular complexity index is 594. The third-order valence-electron chi connectivity index (χ3n) is 4.42. The molecule has 0 amide bonds. The van der Waals surface area contributed by atoms with Crippen molar-refractivity contribution in [3.63, 3.8) is 0 Å². The second-order valence-corrected chi connectivity index (χ2v) is 6.01. The fraction of sp³-hybridized carbons (Fsp3) is 0.400. The van der Waals surface area contributed by atoms with Gasteiger partial charge in [0.25, 0.3) is 0 Å². The molecule has 122 valence electrons. The van der Waals surface area contributed by atoms with E-state index in [2.05, 4.69) is 29.2 Å². The summed E-state index contributed by atoms with van der Waals surface area (Å²) >= 11 is 0. The predicted octanol–water partition coefficient (Wildman–Crippen LogP) is 4.30. The molecule has 3 rings (SSSR count). The molecule has 0 saturated carbocycles. The quantitative estimate of drug-likeness (QED) is 0.761. The largest absolute Gasteiger partial charge is 0.493 e. The van der Waals surface area contributed by atoms with Crippen LogP contribution in [0.5, 0.6) is 11.5 Å². The van der Waals surface area contributed by atoms with E-state index in [1.165, 1.54) is 31.5 Å². The van der Waals surface area contributed by atoms with Crippen molar-refractivity contribution in [3.8, 4) is 11.5 Å². The zero-order chi connectivity index (χ0) is 15.9. The molecule has 0 N–H and O–H groups in total. The lowest BCUT2D eigenvalue weighted by molar-refractivity contribution is 0.167. The normalized spacial score (nSPS) is 16.2. The molecule has 0 bridgehead atoms. The number of para-hydroxylation sites is 2. The highest BCUT2D eigenvalue weighted by Gasteiger charge is 2.18. The Hall–Kier alpha value is -2.00. The highest BCUT2D eigenvalue weighted by molar-refractivity contribution is 5.40. The first kappa shape index (κ1) is 15.9. The Balaban J connectivity index is 1.74. The predicted molar refractivity (Wildman–Crippen MR) is 93.1 cm³/mol. The molecule has 1 aliphatic heterocycles. The van der Waals surface area contributed by atoms with Crippen molar-refractivity contribution in [2.24, 2.45) is 0 Å². The minimum absolute atomic E-state index is 0.0492. The molecule has 1 atom stereocenters. The van der Waals surface area contributed by atoms with Crippen LogP contribution in [-0.4, -0.2) is 31.6 Å². The number of methoxy groups -OCH3 is 1. The zero-order valence-corrected chi connectivity index (χ0v) is 13.8. The van der Waals surface area contributed by atoms with Crippen molar-refractivity contribution in [1.82, 2.24) is 4.90 Å². The van der Waals surface area contributed by atoms with Crippen LogP contribution in [0, 0.1) is 0 Å². The second kappa shape index (κ2) is 8.02. The van der Waals surface area contributed by atoms with Crippen molar-refractivity contribution >= 4 is 0 Å². The Morgan fingerprint density at radius 3 is 2.26 bits per heavy atom. The van der Waals surface area contributed by atoms with Crippen LogP contribution < -0.4 is 9.47 Å². The zero-order valence-electron chi connectivity index (χ0n) is 13.8. The number of hydrogen-bond acceptors (Lipinski definition) is 3. The van der Waals surface area contributed by atoms with Crippen LogP contribution >= 0.6 is 0 Å². The van der Waals surface area contributed by atoms with Gasteiger partial charge in [-0.1, -0.05) is 42.5 Å². The number of ether oxygens (including phenoxy) is 2. The maximum atomic E-state index is 6.33. The lowest BCUT2D eigenvalue weighted by Crippen LogP contribution is -2.23. The lowest BCUT2D eigenvalue weighted by Gasteiger charge is -2.23. The van der Waals surface area contributed by atoms with Gasteiger partial charge in [-0.15, -0.1) is 0 Å². The van der Waals surface area contributed by atoms with Gasteiger partial charge < -0.3 is 14.4 Å². The number of hydrogen-bond donors (Lipinski definition) is 0. The fourth-order valence-corrected chi connectivity index (χ4v) is 3.14. The summed E-state index contributed by atoms with van der Waals surface area (Å²) in [6, 6.07) is 18.3. The van der Waals surface area contributed by atoms with Crippen LogP contribution in [0.3, 0.4) is 0 Å². The Kier molecular flexibility index (Phi) is 5.54. The average molecular weight is 311 g/mol. The third-order valence-corrected chi connectivity index (χ3v) is 4.42. The van der Waals surface area contributed by atoms with Crippen molar-refractivity contribution in [3.05, 3.63) is 60.2 Å². The van der Waals surface area contributed by atoms with Gasteiger partial charge >= 0.3 is 0 Å². The molecular weight excluding hydrogens is 286 g/mol. The van der Waals surface area contributed by atoms with Gasteiger partial charge in [-0.2, -0.15) is 0 Å². The first-order valence-corrected chi connectivity index (χ1v) is 8.44. The summed E-state index contributed by atoms with van der Waals surface area (Å²) in [6.45, 7) is 3.51. The first-order chi connectivity index (χ1) is 11.4. The molecule has 0 spiro atoms. The van der Waals surface area contributed by atoms with Gasteiger partial charge in [-0.05, 0) is 43.6 Å². The molecule has 1 aliphatic rings. The standard InChI is InChI=1S/C20H25NO2/c1-22-19-11-5-6-12-20(19)23-18(17-9-3-2-4-10-17)13-16-21-14-7-8-15-21/h2-6,9-12,18H,7-8,13-16H2,1H3. The van der Waals surface area contributed by atoms with Gasteiger partial charge in [0.15, 0.2) is 11.5 Å². The van der Waals surface area contributed by atoms with Crippen molar-refractivity contribution < 1.29 is 9.47 Å². The highest BCUT2D eigenvalue weighted by atomic mass is 16.5. The van der Waals surface area contributed by atoms with E-state index in [9.17, 15) is 0 Å². The van der Waals surface area contributed by atoms with Crippen LogP contribution in [0.2, 0.25) is 0 Å². The fourth-order valence-electron chi connectivity index (χ4n) is 3.14. The van der Waals surface area contributed by atoms with Crippen molar-refractivity contribution in [2.75, 3.05) is 26.7 Å². The first-order valence-electron chi connectivity index (χ1n) is 8.44. The molecule has 0 aliphatic carbocycles. The SMILES string of the molecule is COc1ccccc1OC(CCN1CCCC1)c1ccccc1. The Morgan fingerprint density at radius 1 is 0.913 bits per heavy atom. The molecule has 23 heavy (non-hydrogen) atoms. The van der Waals surface area contributed by atoms with Gasteiger partial charge in [-0.3, -0.25) is 0 Å². The van der Waals surface area contributed by atoms with Gasteiger partial charge in [0.1, 0.15) is 6.10 Å². The summed E-state index contributed by atoms with van der Waals surface area (Å²) in [4.78, 5) is 2.53. The molecule has 2 aromatic rings. The van der Waals surface area contributed by atoms with Crippen LogP contribution in [0.15, 0.2) is 54.6 Å². The molecule has 1 fully saturated rings. The van der Waals surface area contributed by atoms with Gasteiger partial charge in [0.2, 0.25) is 0 Å². The average Bonchev–Trinajstić information content (AvgIpc) is 3.13. The number of rotatable bonds is 7. The maximum absolute atomic E-state index is 6.33. The lowest BCUT2D eigenvalue weighted by atomic mass is 10.1. The summed E-state index contributed by atoms with van der Waals surface area (Å²) < 4.78 is 11.8. The van der Waals surface area contributed by atoms with E-state index in [-0.39, 0.29) is 6.10 Å². The molecule has 1 heterocycles. The minimum Gasteiger partial charge on any atom is -0.493 e. The third kappa shape index (κ3) is 4.26. The second-order valence-electron chi connectivity index (χ2n) is 6.01. The van der Waals surface area contributed by atoms with Crippen LogP contribution in [0.25, 0.3) is 0 Å².